The SMILES string of the molecule is CCNC(=NCc1cccc(Cl)c1)NCCCOC1CCOCC1. The third-order valence-corrected chi connectivity index (χ3v) is 4.02. The average molecular weight is 354 g/mol. The van der Waals surface area contributed by atoms with E-state index in [1.54, 1.807) is 0 Å². The first-order valence-electron chi connectivity index (χ1n) is 8.74. The van der Waals surface area contributed by atoms with Crippen molar-refractivity contribution in [1.82, 2.24) is 10.6 Å². The molecule has 1 heterocycles. The van der Waals surface area contributed by atoms with E-state index in [0.29, 0.717) is 12.6 Å². The average Bonchev–Trinajstić information content (AvgIpc) is 2.60. The molecule has 1 aliphatic heterocycles. The number of ether oxygens (including phenoxy) is 2. The summed E-state index contributed by atoms with van der Waals surface area (Å²) < 4.78 is 11.2. The fourth-order valence-corrected chi connectivity index (χ4v) is 2.73. The van der Waals surface area contributed by atoms with Gasteiger partial charge in [-0.25, -0.2) is 4.99 Å². The number of nitrogens with one attached hydrogen (secondary N) is 2. The molecule has 6 heteroatoms. The fourth-order valence-electron chi connectivity index (χ4n) is 2.52. The second kappa shape index (κ2) is 11.3. The van der Waals surface area contributed by atoms with Crippen molar-refractivity contribution in [2.45, 2.75) is 38.8 Å². The Balaban J connectivity index is 1.67. The van der Waals surface area contributed by atoms with Gasteiger partial charge < -0.3 is 20.1 Å². The van der Waals surface area contributed by atoms with E-state index in [9.17, 15) is 0 Å². The van der Waals surface area contributed by atoms with Crippen molar-refractivity contribution in [3.8, 4) is 0 Å². The first-order valence-corrected chi connectivity index (χ1v) is 9.11. The van der Waals surface area contributed by atoms with Crippen LogP contribution in [-0.2, 0) is 16.0 Å². The van der Waals surface area contributed by atoms with Crippen LogP contribution in [-0.4, -0.2) is 45.0 Å². The Morgan fingerprint density at radius 2 is 2.17 bits per heavy atom. The van der Waals surface area contributed by atoms with Gasteiger partial charge in [0.1, 0.15) is 0 Å². The summed E-state index contributed by atoms with van der Waals surface area (Å²) in [6.07, 6.45) is 3.34. The van der Waals surface area contributed by atoms with Crippen molar-refractivity contribution in [3.63, 3.8) is 0 Å². The first-order chi connectivity index (χ1) is 11.8. The molecule has 5 nitrogen and oxygen atoms in total. The van der Waals surface area contributed by atoms with Crippen LogP contribution in [0.4, 0.5) is 0 Å². The molecule has 0 atom stereocenters. The molecule has 0 bridgehead atoms. The predicted molar refractivity (Wildman–Crippen MR) is 98.7 cm³/mol. The highest BCUT2D eigenvalue weighted by molar-refractivity contribution is 6.30. The largest absolute Gasteiger partial charge is 0.381 e. The Kier molecular flexibility index (Phi) is 8.95. The second-order valence-electron chi connectivity index (χ2n) is 5.79. The molecule has 0 radical (unpaired) electrons. The number of rotatable bonds is 8. The summed E-state index contributed by atoms with van der Waals surface area (Å²) in [5.74, 6) is 0.823. The lowest BCUT2D eigenvalue weighted by atomic mass is 10.1. The van der Waals surface area contributed by atoms with Crippen LogP contribution in [0, 0.1) is 0 Å². The third-order valence-electron chi connectivity index (χ3n) is 3.79. The van der Waals surface area contributed by atoms with Gasteiger partial charge in [-0.3, -0.25) is 0 Å². The van der Waals surface area contributed by atoms with E-state index in [4.69, 9.17) is 21.1 Å². The second-order valence-corrected chi connectivity index (χ2v) is 6.22. The van der Waals surface area contributed by atoms with Gasteiger partial charge in [0.05, 0.1) is 12.6 Å². The van der Waals surface area contributed by atoms with Gasteiger partial charge in [-0.05, 0) is 43.9 Å². The van der Waals surface area contributed by atoms with Crippen molar-refractivity contribution in [2.75, 3.05) is 32.9 Å². The highest BCUT2D eigenvalue weighted by Crippen LogP contribution is 2.11. The lowest BCUT2D eigenvalue weighted by molar-refractivity contribution is -0.0320. The predicted octanol–water partition coefficient (Wildman–Crippen LogP) is 2.98. The van der Waals surface area contributed by atoms with E-state index in [0.717, 1.165) is 68.7 Å². The molecule has 2 rings (SSSR count). The number of hydrogen-bond donors (Lipinski definition) is 2. The molecule has 0 spiro atoms. The number of aliphatic imine (C=N–C) groups is 1. The molecule has 1 aliphatic rings. The van der Waals surface area contributed by atoms with Crippen LogP contribution in [0.5, 0.6) is 0 Å². The van der Waals surface area contributed by atoms with Crippen molar-refractivity contribution in [2.24, 2.45) is 4.99 Å². The molecule has 24 heavy (non-hydrogen) atoms. The fraction of sp³-hybridized carbons (Fsp3) is 0.611. The minimum atomic E-state index is 0.364. The van der Waals surface area contributed by atoms with E-state index >= 15 is 0 Å². The smallest absolute Gasteiger partial charge is 0.191 e. The van der Waals surface area contributed by atoms with Crippen molar-refractivity contribution < 1.29 is 9.47 Å². The van der Waals surface area contributed by atoms with Crippen LogP contribution in [0.1, 0.15) is 31.7 Å². The molecular weight excluding hydrogens is 326 g/mol. The molecule has 1 saturated heterocycles. The number of benzene rings is 1. The molecule has 1 fully saturated rings. The van der Waals surface area contributed by atoms with Gasteiger partial charge >= 0.3 is 0 Å². The summed E-state index contributed by atoms with van der Waals surface area (Å²) >= 11 is 6.00. The quantitative estimate of drug-likeness (QED) is 0.428. The maximum Gasteiger partial charge on any atom is 0.191 e. The highest BCUT2D eigenvalue weighted by atomic mass is 35.5. The third kappa shape index (κ3) is 7.51. The van der Waals surface area contributed by atoms with E-state index < -0.39 is 0 Å². The lowest BCUT2D eigenvalue weighted by Gasteiger charge is -2.22. The summed E-state index contributed by atoms with van der Waals surface area (Å²) in [6, 6.07) is 7.79. The van der Waals surface area contributed by atoms with Crippen LogP contribution in [0.3, 0.4) is 0 Å². The zero-order chi connectivity index (χ0) is 17.0. The topological polar surface area (TPSA) is 54.9 Å². The number of halogens is 1. The van der Waals surface area contributed by atoms with E-state index in [-0.39, 0.29) is 0 Å². The molecular formula is C18H28ClN3O2. The van der Waals surface area contributed by atoms with Crippen LogP contribution in [0.25, 0.3) is 0 Å². The van der Waals surface area contributed by atoms with Gasteiger partial charge in [-0.2, -0.15) is 0 Å². The molecule has 0 aliphatic carbocycles. The molecule has 0 amide bonds. The van der Waals surface area contributed by atoms with E-state index in [2.05, 4.69) is 22.5 Å². The molecule has 134 valence electrons. The number of nitrogens with zero attached hydrogens (tertiary/aromatic N) is 1. The summed E-state index contributed by atoms with van der Waals surface area (Å²) in [5.41, 5.74) is 1.10. The van der Waals surface area contributed by atoms with E-state index in [1.165, 1.54) is 0 Å². The Morgan fingerprint density at radius 1 is 1.33 bits per heavy atom. The van der Waals surface area contributed by atoms with Gasteiger partial charge in [0.2, 0.25) is 0 Å². The number of hydrogen-bond acceptors (Lipinski definition) is 3. The Morgan fingerprint density at radius 3 is 2.92 bits per heavy atom. The molecule has 1 aromatic carbocycles. The van der Waals surface area contributed by atoms with Crippen molar-refractivity contribution in [3.05, 3.63) is 34.9 Å². The highest BCUT2D eigenvalue weighted by Gasteiger charge is 2.13. The van der Waals surface area contributed by atoms with Gasteiger partial charge in [-0.1, -0.05) is 23.7 Å². The molecule has 0 unspecified atom stereocenters. The lowest BCUT2D eigenvalue weighted by Crippen LogP contribution is -2.38. The van der Waals surface area contributed by atoms with E-state index in [1.807, 2.05) is 24.3 Å². The minimum Gasteiger partial charge on any atom is -0.381 e. The van der Waals surface area contributed by atoms with Crippen molar-refractivity contribution in [1.29, 1.82) is 0 Å². The minimum absolute atomic E-state index is 0.364. The Hall–Kier alpha value is -1.30. The summed E-state index contributed by atoms with van der Waals surface area (Å²) in [7, 11) is 0. The van der Waals surface area contributed by atoms with Crippen LogP contribution in [0.15, 0.2) is 29.3 Å². The zero-order valence-electron chi connectivity index (χ0n) is 14.4. The Labute approximate surface area is 149 Å². The van der Waals surface area contributed by atoms with Crippen LogP contribution < -0.4 is 10.6 Å². The van der Waals surface area contributed by atoms with Crippen LogP contribution >= 0.6 is 11.6 Å². The Bertz CT molecular complexity index is 505. The van der Waals surface area contributed by atoms with Gasteiger partial charge in [0.25, 0.3) is 0 Å². The maximum absolute atomic E-state index is 6.00. The van der Waals surface area contributed by atoms with Crippen molar-refractivity contribution >= 4 is 17.6 Å². The molecule has 2 N–H and O–H groups in total. The first kappa shape index (κ1) is 19.0. The summed E-state index contributed by atoms with van der Waals surface area (Å²) in [4.78, 5) is 4.59. The van der Waals surface area contributed by atoms with Crippen LogP contribution in [0.2, 0.25) is 5.02 Å². The zero-order valence-corrected chi connectivity index (χ0v) is 15.1. The molecule has 0 aromatic heterocycles. The normalized spacial score (nSPS) is 16.2. The maximum atomic E-state index is 6.00. The molecule has 1 aromatic rings. The summed E-state index contributed by atoms with van der Waals surface area (Å²) in [6.45, 7) is 6.75. The number of guanidine groups is 1. The summed E-state index contributed by atoms with van der Waals surface area (Å²) in [5, 5.41) is 7.34. The monoisotopic (exact) mass is 353 g/mol. The van der Waals surface area contributed by atoms with Gasteiger partial charge in [0, 0.05) is 37.9 Å². The van der Waals surface area contributed by atoms with Gasteiger partial charge in [0.15, 0.2) is 5.96 Å². The molecule has 0 saturated carbocycles. The standard InChI is InChI=1S/C18H28ClN3O2/c1-2-20-18(22-14-15-5-3-6-16(19)13-15)21-9-4-10-24-17-7-11-23-12-8-17/h3,5-6,13,17H,2,4,7-12,14H2,1H3,(H2,20,21,22). The van der Waals surface area contributed by atoms with Gasteiger partial charge in [-0.15, -0.1) is 0 Å².